The fourth-order valence-corrected chi connectivity index (χ4v) is 17.4. The van der Waals surface area contributed by atoms with Gasteiger partial charge in [-0.05, 0) is 198 Å². The highest BCUT2D eigenvalue weighted by Crippen LogP contribution is 2.77. The van der Waals surface area contributed by atoms with Gasteiger partial charge in [-0.15, -0.1) is 0 Å². The molecule has 3 heterocycles. The molecular weight excluding hydrogens is 707 g/mol. The van der Waals surface area contributed by atoms with E-state index in [1.807, 2.05) is 0 Å². The van der Waals surface area contributed by atoms with E-state index < -0.39 is 0 Å². The zero-order chi connectivity index (χ0) is 37.9. The molecule has 3 aromatic heterocycles. The predicted octanol–water partition coefficient (Wildman–Crippen LogP) is 13.6. The Balaban J connectivity index is 1.13. The van der Waals surface area contributed by atoms with Crippen LogP contribution in [0.15, 0.2) is 59.0 Å². The first-order valence-electron chi connectivity index (χ1n) is 22.5. The number of furan rings is 1. The van der Waals surface area contributed by atoms with Gasteiger partial charge in [0.15, 0.2) is 0 Å². The largest absolute Gasteiger partial charge is 0.456 e. The van der Waals surface area contributed by atoms with Crippen LogP contribution in [-0.4, -0.2) is 4.40 Å². The third-order valence-corrected chi connectivity index (χ3v) is 19.0. The van der Waals surface area contributed by atoms with Gasteiger partial charge in [-0.2, -0.15) is 10.5 Å². The number of rotatable bonds is 0. The lowest BCUT2D eigenvalue weighted by atomic mass is 9.56. The maximum atomic E-state index is 11.2. The van der Waals surface area contributed by atoms with E-state index in [-0.39, 0.29) is 5.41 Å². The van der Waals surface area contributed by atoms with Crippen molar-refractivity contribution >= 4 is 60.0 Å². The first kappa shape index (κ1) is 30.7. The molecule has 1 spiro atoms. The maximum absolute atomic E-state index is 11.2. The number of nitriles is 2. The molecule has 17 rings (SSSR count). The van der Waals surface area contributed by atoms with Gasteiger partial charge in [0.2, 0.25) is 0 Å². The summed E-state index contributed by atoms with van der Waals surface area (Å²) in [5.74, 6) is 5.17. The summed E-state index contributed by atoms with van der Waals surface area (Å²) < 4.78 is 9.22. The Morgan fingerprint density at radius 1 is 0.603 bits per heavy atom. The summed E-state index contributed by atoms with van der Waals surface area (Å²) in [6, 6.07) is 26.2. The van der Waals surface area contributed by atoms with Crippen molar-refractivity contribution < 1.29 is 4.42 Å². The minimum Gasteiger partial charge on any atom is -0.456 e. The average Bonchev–Trinajstić information content (AvgIpc) is 3.99. The molecular formula is C54H43N3O. The summed E-state index contributed by atoms with van der Waals surface area (Å²) in [6.07, 6.45) is 12.9. The molecule has 4 heteroatoms. The van der Waals surface area contributed by atoms with Crippen LogP contribution in [0.2, 0.25) is 0 Å². The lowest BCUT2D eigenvalue weighted by molar-refractivity contribution is 0.00322. The SMILES string of the molecule is CC1(C)c2cc3c(cc2-c2cc4c5c6c(c(C#N)cc5n5c7cc(C#N)c8c(c7c(c21)c45)C1CC2CC4CC8CC42C1)C1CC2CC(C1)CC6C2)oc1ccccc13. The van der Waals surface area contributed by atoms with Crippen molar-refractivity contribution in [2.24, 2.45) is 29.1 Å². The highest BCUT2D eigenvalue weighted by Gasteiger charge is 2.66. The van der Waals surface area contributed by atoms with Crippen LogP contribution in [0.5, 0.6) is 0 Å². The molecule has 280 valence electrons. The maximum Gasteiger partial charge on any atom is 0.136 e. The number of benzene rings is 5. The molecule has 9 aliphatic rings. The normalized spacial score (nSPS) is 32.5. The van der Waals surface area contributed by atoms with Crippen LogP contribution in [0, 0.1) is 51.7 Å². The van der Waals surface area contributed by atoms with Gasteiger partial charge in [-0.3, -0.25) is 0 Å². The van der Waals surface area contributed by atoms with Crippen molar-refractivity contribution in [1.29, 1.82) is 10.5 Å². The van der Waals surface area contributed by atoms with Gasteiger partial charge in [-0.1, -0.05) is 32.0 Å². The Morgan fingerprint density at radius 2 is 1.26 bits per heavy atom. The summed E-state index contributed by atoms with van der Waals surface area (Å²) in [7, 11) is 0. The molecule has 4 nitrogen and oxygen atoms in total. The third kappa shape index (κ3) is 3.14. The fourth-order valence-electron chi connectivity index (χ4n) is 17.4. The zero-order valence-electron chi connectivity index (χ0n) is 33.1. The van der Waals surface area contributed by atoms with E-state index in [2.05, 4.69) is 85.0 Å². The molecule has 9 aliphatic carbocycles. The summed E-state index contributed by atoms with van der Waals surface area (Å²) >= 11 is 0. The minimum atomic E-state index is -0.265. The highest BCUT2D eigenvalue weighted by atomic mass is 16.3. The molecule has 7 bridgehead atoms. The van der Waals surface area contributed by atoms with E-state index in [9.17, 15) is 10.5 Å². The van der Waals surface area contributed by atoms with E-state index in [1.165, 1.54) is 158 Å². The number of hydrogen-bond donors (Lipinski definition) is 0. The number of nitrogens with zero attached hydrogens (tertiary/aromatic N) is 3. The number of aromatic nitrogens is 1. The Hall–Kier alpha value is -5.32. The van der Waals surface area contributed by atoms with Gasteiger partial charge in [0.05, 0.1) is 39.8 Å². The quantitative estimate of drug-likeness (QED) is 0.155. The molecule has 58 heavy (non-hydrogen) atoms. The molecule has 5 fully saturated rings. The van der Waals surface area contributed by atoms with Crippen LogP contribution >= 0.6 is 0 Å². The number of para-hydroxylation sites is 1. The lowest BCUT2D eigenvalue weighted by Crippen LogP contribution is -2.41. The standard InChI is InChI=1S/C54H43N3O/c1-53(2)39-18-36-34-5-3-4-6-42(34)58-43(36)19-35(39)37-17-38-48-40(14-30(22-55)44-26-8-24-7-25(9-26)11-27(10-24)46(44)48)57-41-15-31(23-56)45-28-12-32-16-33-13-29(21-54(32,33)20-28)47(45)49(41)50(51(37)53)52(38)57/h3-6,14-15,17-19,24-29,32-33H,7-13,16,20-21H2,1-2H3. The average molecular weight is 750 g/mol. The van der Waals surface area contributed by atoms with Crippen LogP contribution in [-0.2, 0) is 5.41 Å². The Labute approximate surface area is 336 Å². The second-order valence-corrected chi connectivity index (χ2v) is 21.5. The van der Waals surface area contributed by atoms with Gasteiger partial charge in [0.25, 0.3) is 0 Å². The number of fused-ring (bicyclic) bond motifs is 19. The Kier molecular flexibility index (Phi) is 4.99. The van der Waals surface area contributed by atoms with Gasteiger partial charge in [0, 0.05) is 37.7 Å². The molecule has 7 atom stereocenters. The zero-order valence-corrected chi connectivity index (χ0v) is 33.1. The monoisotopic (exact) mass is 749 g/mol. The van der Waals surface area contributed by atoms with Gasteiger partial charge >= 0.3 is 0 Å². The minimum absolute atomic E-state index is 0.265. The van der Waals surface area contributed by atoms with Gasteiger partial charge in [-0.25, -0.2) is 0 Å². The van der Waals surface area contributed by atoms with Crippen molar-refractivity contribution in [3.8, 4) is 23.3 Å². The van der Waals surface area contributed by atoms with Crippen molar-refractivity contribution in [2.75, 3.05) is 0 Å². The Morgan fingerprint density at radius 3 is 2.00 bits per heavy atom. The van der Waals surface area contributed by atoms with Crippen LogP contribution in [0.4, 0.5) is 0 Å². The van der Waals surface area contributed by atoms with E-state index in [0.29, 0.717) is 29.1 Å². The second kappa shape index (κ2) is 9.42. The summed E-state index contributed by atoms with van der Waals surface area (Å²) in [5.41, 5.74) is 19.0. The van der Waals surface area contributed by atoms with E-state index in [4.69, 9.17) is 4.42 Å². The van der Waals surface area contributed by atoms with Crippen molar-refractivity contribution in [3.05, 3.63) is 99.1 Å². The molecule has 0 radical (unpaired) electrons. The van der Waals surface area contributed by atoms with Crippen LogP contribution in [0.3, 0.4) is 0 Å². The lowest BCUT2D eigenvalue weighted by Gasteiger charge is -2.48. The van der Waals surface area contributed by atoms with E-state index in [1.54, 1.807) is 0 Å². The summed E-state index contributed by atoms with van der Waals surface area (Å²) in [4.78, 5) is 0. The molecule has 7 unspecified atom stereocenters. The first-order chi connectivity index (χ1) is 28.3. The fraction of sp³-hybridized carbons (Fsp3) is 0.407. The smallest absolute Gasteiger partial charge is 0.136 e. The first-order valence-corrected chi connectivity index (χ1v) is 22.5. The summed E-state index contributed by atoms with van der Waals surface area (Å²) in [5, 5.41) is 30.2. The van der Waals surface area contributed by atoms with Crippen molar-refractivity contribution in [3.63, 3.8) is 0 Å². The Bertz CT molecular complexity index is 3420. The van der Waals surface area contributed by atoms with Crippen molar-refractivity contribution in [2.45, 2.75) is 107 Å². The molecule has 0 amide bonds. The molecule has 8 aromatic rings. The van der Waals surface area contributed by atoms with Crippen molar-refractivity contribution in [1.82, 2.24) is 4.40 Å². The molecule has 0 N–H and O–H groups in total. The molecule has 5 aromatic carbocycles. The molecule has 5 saturated carbocycles. The number of hydrogen-bond acceptors (Lipinski definition) is 3. The second-order valence-electron chi connectivity index (χ2n) is 21.5. The highest BCUT2D eigenvalue weighted by molar-refractivity contribution is 6.29. The van der Waals surface area contributed by atoms with E-state index >= 15 is 0 Å². The predicted molar refractivity (Wildman–Crippen MR) is 229 cm³/mol. The molecule has 0 aliphatic heterocycles. The van der Waals surface area contributed by atoms with Crippen LogP contribution < -0.4 is 0 Å². The summed E-state index contributed by atoms with van der Waals surface area (Å²) in [6.45, 7) is 4.94. The third-order valence-electron chi connectivity index (χ3n) is 19.0. The van der Waals surface area contributed by atoms with Gasteiger partial charge < -0.3 is 8.82 Å². The molecule has 0 saturated heterocycles. The van der Waals surface area contributed by atoms with E-state index in [0.717, 1.165) is 46.0 Å². The van der Waals surface area contributed by atoms with Crippen LogP contribution in [0.25, 0.3) is 71.2 Å². The topological polar surface area (TPSA) is 65.1 Å². The van der Waals surface area contributed by atoms with Crippen LogP contribution in [0.1, 0.15) is 146 Å². The van der Waals surface area contributed by atoms with Gasteiger partial charge in [0.1, 0.15) is 11.2 Å².